The molecule has 20 heteroatoms. The molecule has 3 saturated heterocycles. The third-order valence-corrected chi connectivity index (χ3v) is 13.7. The van der Waals surface area contributed by atoms with E-state index in [4.69, 9.17) is 9.47 Å². The number of fused-ring (bicyclic) bond motifs is 1. The van der Waals surface area contributed by atoms with E-state index in [-0.39, 0.29) is 58.2 Å². The van der Waals surface area contributed by atoms with E-state index in [1.54, 1.807) is 19.9 Å². The number of anilines is 6. The first-order valence-electron chi connectivity index (χ1n) is 22.2. The summed E-state index contributed by atoms with van der Waals surface area (Å²) in [6.07, 6.45) is 7.20. The van der Waals surface area contributed by atoms with Crippen molar-refractivity contribution in [3.05, 3.63) is 47.7 Å². The van der Waals surface area contributed by atoms with Crippen molar-refractivity contribution in [2.24, 2.45) is 11.3 Å². The molecule has 350 valence electrons. The van der Waals surface area contributed by atoms with Crippen LogP contribution in [0.15, 0.2) is 30.5 Å². The normalized spacial score (nSPS) is 21.4. The molecule has 2 aromatic carbocycles. The number of ether oxygens (including phenoxy) is 2. The minimum Gasteiger partial charge on any atom is -0.495 e. The summed E-state index contributed by atoms with van der Waals surface area (Å²) in [4.78, 5) is 65.1. The maximum Gasteiger partial charge on any atom is 0.342 e. The van der Waals surface area contributed by atoms with Crippen molar-refractivity contribution >= 4 is 58.1 Å². The van der Waals surface area contributed by atoms with Crippen molar-refractivity contribution < 1.29 is 46.2 Å². The minimum absolute atomic E-state index is 0.0492. The molecule has 1 aromatic heterocycles. The SMILES string of the molecule is COc1cc(C(=O)NC2CC3(CCN(CC4CCN(c5cc(OC)c(NC6CCC(=O)NC6=O)cc5F)CC4)CC3)C2)c(F)cc1Nc1ncc2c(n1)N(C(C)C)CC(F)(F)C(=O)N2C. The number of nitrogens with one attached hydrogen (secondary N) is 4. The average molecular weight is 909 g/mol. The summed E-state index contributed by atoms with van der Waals surface area (Å²) in [7, 11) is 4.11. The predicted molar refractivity (Wildman–Crippen MR) is 235 cm³/mol. The van der Waals surface area contributed by atoms with Crippen LogP contribution in [0.3, 0.4) is 0 Å². The summed E-state index contributed by atoms with van der Waals surface area (Å²) in [6, 6.07) is 4.23. The van der Waals surface area contributed by atoms with Crippen LogP contribution in [0.2, 0.25) is 0 Å². The molecule has 65 heavy (non-hydrogen) atoms. The Balaban J connectivity index is 0.807. The van der Waals surface area contributed by atoms with Crippen molar-refractivity contribution in [2.45, 2.75) is 89.3 Å². The van der Waals surface area contributed by atoms with Crippen molar-refractivity contribution in [1.29, 1.82) is 0 Å². The molecule has 4 aliphatic heterocycles. The Kier molecular flexibility index (Phi) is 12.8. The third kappa shape index (κ3) is 9.44. The number of benzene rings is 2. The summed E-state index contributed by atoms with van der Waals surface area (Å²) in [6.45, 7) is 6.77. The number of carbonyl (C=O) groups is 4. The Morgan fingerprint density at radius 2 is 1.60 bits per heavy atom. The number of hydrogen-bond acceptors (Lipinski definition) is 13. The van der Waals surface area contributed by atoms with Gasteiger partial charge in [-0.1, -0.05) is 0 Å². The van der Waals surface area contributed by atoms with Gasteiger partial charge in [0.15, 0.2) is 5.82 Å². The summed E-state index contributed by atoms with van der Waals surface area (Å²) in [5, 5.41) is 11.2. The summed E-state index contributed by atoms with van der Waals surface area (Å²) < 4.78 is 71.7. The van der Waals surface area contributed by atoms with Gasteiger partial charge < -0.3 is 45.0 Å². The summed E-state index contributed by atoms with van der Waals surface area (Å²) >= 11 is 0. The van der Waals surface area contributed by atoms with Crippen LogP contribution < -0.4 is 45.4 Å². The Bertz CT molecular complexity index is 2330. The van der Waals surface area contributed by atoms with Crippen LogP contribution in [0.1, 0.15) is 75.6 Å². The first-order chi connectivity index (χ1) is 31.0. The van der Waals surface area contributed by atoms with Crippen molar-refractivity contribution in [1.82, 2.24) is 25.5 Å². The lowest BCUT2D eigenvalue weighted by Gasteiger charge is -2.52. The summed E-state index contributed by atoms with van der Waals surface area (Å²) in [5.41, 5.74) is 0.958. The van der Waals surface area contributed by atoms with Gasteiger partial charge in [0.25, 0.3) is 11.8 Å². The first kappa shape index (κ1) is 45.6. The van der Waals surface area contributed by atoms with E-state index in [0.717, 1.165) is 69.1 Å². The van der Waals surface area contributed by atoms with Crippen LogP contribution in [-0.4, -0.2) is 123 Å². The monoisotopic (exact) mass is 908 g/mol. The van der Waals surface area contributed by atoms with Crippen molar-refractivity contribution in [3.8, 4) is 11.5 Å². The number of piperidine rings is 3. The summed E-state index contributed by atoms with van der Waals surface area (Å²) in [5.74, 6) is -6.48. The van der Waals surface area contributed by atoms with Crippen molar-refractivity contribution in [2.75, 3.05) is 85.9 Å². The zero-order chi connectivity index (χ0) is 46.4. The standard InChI is InChI=1S/C45H56F4N10O6/c1-25(2)59-24-45(48,49)42(63)56(3)35-22-50-43(55-39(35)59)53-33-17-29(46)28(16-36(33)64-4)40(61)51-27-20-44(21-27)10-14-57(15-11-44)23-26-8-12-58(13-9-26)34-19-37(65-5)32(18-30(34)47)52-31-6-7-38(60)54-41(31)62/h16-19,22,25-27,31,52H,6-15,20-21,23-24H2,1-5H3,(H,51,61)(H,50,53,55)(H,54,60,62). The van der Waals surface area contributed by atoms with Crippen LogP contribution in [0, 0.1) is 23.0 Å². The fourth-order valence-corrected chi connectivity index (χ4v) is 9.90. The highest BCUT2D eigenvalue weighted by molar-refractivity contribution is 6.02. The van der Waals surface area contributed by atoms with E-state index in [1.807, 2.05) is 4.90 Å². The second-order valence-corrected chi connectivity index (χ2v) is 18.3. The number of rotatable bonds is 12. The Labute approximate surface area is 374 Å². The van der Waals surface area contributed by atoms with Crippen LogP contribution in [0.4, 0.5) is 52.1 Å². The molecule has 16 nitrogen and oxygen atoms in total. The number of likely N-dealkylation sites (tertiary alicyclic amines) is 1. The smallest absolute Gasteiger partial charge is 0.342 e. The largest absolute Gasteiger partial charge is 0.495 e. The van der Waals surface area contributed by atoms with E-state index < -0.39 is 53.9 Å². The Hall–Kier alpha value is -5.92. The van der Waals surface area contributed by atoms with Gasteiger partial charge in [-0.2, -0.15) is 13.8 Å². The van der Waals surface area contributed by atoms with Gasteiger partial charge in [-0.3, -0.25) is 24.5 Å². The predicted octanol–water partition coefficient (Wildman–Crippen LogP) is 5.45. The van der Waals surface area contributed by atoms with Crippen LogP contribution in [-0.2, 0) is 14.4 Å². The average Bonchev–Trinajstić information content (AvgIpc) is 3.33. The van der Waals surface area contributed by atoms with Gasteiger partial charge in [-0.15, -0.1) is 0 Å². The highest BCUT2D eigenvalue weighted by Crippen LogP contribution is 2.49. The fourth-order valence-electron chi connectivity index (χ4n) is 9.90. The Morgan fingerprint density at radius 3 is 2.26 bits per heavy atom. The van der Waals surface area contributed by atoms with Crippen LogP contribution in [0.25, 0.3) is 0 Å². The molecule has 5 heterocycles. The minimum atomic E-state index is -3.66. The van der Waals surface area contributed by atoms with E-state index in [0.29, 0.717) is 42.6 Å². The lowest BCUT2D eigenvalue weighted by Crippen LogP contribution is -2.55. The van der Waals surface area contributed by atoms with E-state index in [1.165, 1.54) is 44.5 Å². The second-order valence-electron chi connectivity index (χ2n) is 18.3. The molecule has 1 spiro atoms. The number of aromatic nitrogens is 2. The van der Waals surface area contributed by atoms with Gasteiger partial charge in [-0.05, 0) is 89.3 Å². The van der Waals surface area contributed by atoms with Crippen molar-refractivity contribution in [3.63, 3.8) is 0 Å². The molecule has 0 bridgehead atoms. The molecule has 4 fully saturated rings. The fraction of sp³-hybridized carbons (Fsp3) is 0.556. The molecule has 8 rings (SSSR count). The van der Waals surface area contributed by atoms with Gasteiger partial charge >= 0.3 is 5.92 Å². The molecule has 1 saturated carbocycles. The van der Waals surface area contributed by atoms with Gasteiger partial charge in [0.1, 0.15) is 34.9 Å². The zero-order valence-electron chi connectivity index (χ0n) is 37.2. The number of hydrogen-bond donors (Lipinski definition) is 4. The maximum atomic E-state index is 15.6. The lowest BCUT2D eigenvalue weighted by atomic mass is 9.60. The molecule has 4 amide bonds. The van der Waals surface area contributed by atoms with Gasteiger partial charge in [0.05, 0.1) is 49.6 Å². The van der Waals surface area contributed by atoms with Gasteiger partial charge in [-0.25, -0.2) is 13.8 Å². The number of imide groups is 1. The molecule has 3 aromatic rings. The molecule has 1 aliphatic carbocycles. The number of halogens is 4. The number of methoxy groups -OCH3 is 2. The quantitative estimate of drug-likeness (QED) is 0.134. The zero-order valence-corrected chi connectivity index (χ0v) is 37.2. The Morgan fingerprint density at radius 1 is 0.923 bits per heavy atom. The first-order valence-corrected chi connectivity index (χ1v) is 22.2. The second kappa shape index (κ2) is 18.2. The number of nitrogens with zero attached hydrogens (tertiary/aromatic N) is 6. The van der Waals surface area contributed by atoms with E-state index in [2.05, 4.69) is 36.1 Å². The highest BCUT2D eigenvalue weighted by atomic mass is 19.3. The number of alkyl halides is 2. The maximum absolute atomic E-state index is 15.6. The van der Waals surface area contributed by atoms with E-state index in [9.17, 15) is 28.0 Å². The molecule has 4 N–H and O–H groups in total. The highest BCUT2D eigenvalue weighted by Gasteiger charge is 2.48. The lowest BCUT2D eigenvalue weighted by molar-refractivity contribution is -0.140. The molecular weight excluding hydrogens is 853 g/mol. The van der Waals surface area contributed by atoms with Crippen LogP contribution >= 0.6 is 0 Å². The van der Waals surface area contributed by atoms with Crippen LogP contribution in [0.5, 0.6) is 11.5 Å². The third-order valence-electron chi connectivity index (χ3n) is 13.7. The number of carbonyl (C=O) groups excluding carboxylic acids is 4. The van der Waals surface area contributed by atoms with E-state index >= 15 is 8.78 Å². The van der Waals surface area contributed by atoms with Gasteiger partial charge in [0, 0.05) is 63.4 Å². The molecule has 1 atom stereocenters. The molecule has 1 unspecified atom stereocenters. The molecular formula is C45H56F4N10O6. The molecule has 0 radical (unpaired) electrons. The topological polar surface area (TPSA) is 174 Å². The number of amides is 4. The van der Waals surface area contributed by atoms with Gasteiger partial charge in [0.2, 0.25) is 17.8 Å². The molecule has 5 aliphatic rings.